The van der Waals surface area contributed by atoms with Gasteiger partial charge in [-0.1, -0.05) is 26.0 Å². The molecule has 0 aromatic heterocycles. The first-order chi connectivity index (χ1) is 4.54. The van der Waals surface area contributed by atoms with Gasteiger partial charge in [0, 0.05) is 5.41 Å². The van der Waals surface area contributed by atoms with E-state index in [0.717, 1.165) is 5.57 Å². The van der Waals surface area contributed by atoms with Gasteiger partial charge >= 0.3 is 0 Å². The second kappa shape index (κ2) is 3.38. The Labute approximate surface area is 61.8 Å². The minimum atomic E-state index is -0.310. The van der Waals surface area contributed by atoms with Crippen molar-refractivity contribution in [2.24, 2.45) is 5.41 Å². The molecular formula is C8H13NO. The monoisotopic (exact) mass is 139 g/mol. The third-order valence-corrected chi connectivity index (χ3v) is 1.64. The van der Waals surface area contributed by atoms with Crippen LogP contribution in [0.15, 0.2) is 12.2 Å². The molecule has 0 saturated heterocycles. The van der Waals surface area contributed by atoms with Crippen LogP contribution >= 0.6 is 0 Å². The molecule has 2 heteroatoms. The van der Waals surface area contributed by atoms with Crippen molar-refractivity contribution in [3.8, 4) is 6.07 Å². The zero-order valence-corrected chi connectivity index (χ0v) is 6.52. The molecule has 56 valence electrons. The van der Waals surface area contributed by atoms with Gasteiger partial charge in [-0.05, 0) is 0 Å². The maximum Gasteiger partial charge on any atom is 0.0666 e. The maximum absolute atomic E-state index is 8.82. The molecule has 0 fully saturated rings. The molecule has 0 rings (SSSR count). The van der Waals surface area contributed by atoms with Gasteiger partial charge in [0.2, 0.25) is 0 Å². The van der Waals surface area contributed by atoms with Crippen molar-refractivity contribution < 1.29 is 5.11 Å². The summed E-state index contributed by atoms with van der Waals surface area (Å²) in [5.41, 5.74) is 0.480. The second-order valence-corrected chi connectivity index (χ2v) is 2.98. The Balaban J connectivity index is 4.08. The van der Waals surface area contributed by atoms with Crippen molar-refractivity contribution in [1.29, 1.82) is 5.26 Å². The van der Waals surface area contributed by atoms with E-state index in [1.807, 2.05) is 19.9 Å². The summed E-state index contributed by atoms with van der Waals surface area (Å²) in [6, 6.07) is 2.00. The maximum atomic E-state index is 8.82. The van der Waals surface area contributed by atoms with Crippen molar-refractivity contribution >= 4 is 0 Å². The zero-order chi connectivity index (χ0) is 8.20. The van der Waals surface area contributed by atoms with E-state index in [1.54, 1.807) is 0 Å². The van der Waals surface area contributed by atoms with E-state index < -0.39 is 0 Å². The van der Waals surface area contributed by atoms with Gasteiger partial charge in [-0.3, -0.25) is 0 Å². The standard InChI is InChI=1S/C8H13NO/c1-7(4-5-9)8(2,3)6-10/h10H,1,4,6H2,2-3H3. The van der Waals surface area contributed by atoms with E-state index in [2.05, 4.69) is 6.58 Å². The van der Waals surface area contributed by atoms with E-state index in [0.29, 0.717) is 6.42 Å². The highest BCUT2D eigenvalue weighted by Gasteiger charge is 2.19. The van der Waals surface area contributed by atoms with Crippen molar-refractivity contribution in [3.05, 3.63) is 12.2 Å². The quantitative estimate of drug-likeness (QED) is 0.602. The molecule has 0 aliphatic carbocycles. The molecule has 0 saturated carbocycles. The van der Waals surface area contributed by atoms with Crippen LogP contribution in [0.4, 0.5) is 0 Å². The Bertz CT molecular complexity index is 165. The summed E-state index contributed by atoms with van der Waals surface area (Å²) >= 11 is 0. The van der Waals surface area contributed by atoms with Gasteiger partial charge in [0.05, 0.1) is 19.1 Å². The summed E-state index contributed by atoms with van der Waals surface area (Å²) in [5.74, 6) is 0. The van der Waals surface area contributed by atoms with Crippen LogP contribution in [0.2, 0.25) is 0 Å². The number of rotatable bonds is 3. The van der Waals surface area contributed by atoms with Crippen molar-refractivity contribution in [2.75, 3.05) is 6.61 Å². The lowest BCUT2D eigenvalue weighted by Gasteiger charge is -2.22. The Kier molecular flexibility index (Phi) is 3.11. The zero-order valence-electron chi connectivity index (χ0n) is 6.52. The molecule has 0 amide bonds. The van der Waals surface area contributed by atoms with E-state index in [-0.39, 0.29) is 12.0 Å². The summed E-state index contributed by atoms with van der Waals surface area (Å²) < 4.78 is 0. The van der Waals surface area contributed by atoms with E-state index in [1.165, 1.54) is 0 Å². The fourth-order valence-corrected chi connectivity index (χ4v) is 0.447. The molecule has 0 spiro atoms. The first-order valence-corrected chi connectivity index (χ1v) is 3.20. The Hall–Kier alpha value is -0.810. The number of aliphatic hydroxyl groups excluding tert-OH is 1. The molecule has 0 unspecified atom stereocenters. The highest BCUT2D eigenvalue weighted by molar-refractivity contribution is 5.11. The van der Waals surface area contributed by atoms with Crippen LogP contribution in [-0.2, 0) is 0 Å². The number of aliphatic hydroxyl groups is 1. The predicted octanol–water partition coefficient (Wildman–Crippen LogP) is 1.47. The molecule has 10 heavy (non-hydrogen) atoms. The first-order valence-electron chi connectivity index (χ1n) is 3.20. The SMILES string of the molecule is C=C(CC#N)C(C)(C)CO. The smallest absolute Gasteiger partial charge is 0.0666 e. The molecule has 0 radical (unpaired) electrons. The van der Waals surface area contributed by atoms with Crippen molar-refractivity contribution in [3.63, 3.8) is 0 Å². The second-order valence-electron chi connectivity index (χ2n) is 2.98. The minimum Gasteiger partial charge on any atom is -0.395 e. The highest BCUT2D eigenvalue weighted by Crippen LogP contribution is 2.25. The number of nitriles is 1. The van der Waals surface area contributed by atoms with Crippen molar-refractivity contribution in [2.45, 2.75) is 20.3 Å². The minimum absolute atomic E-state index is 0.0491. The predicted molar refractivity (Wildman–Crippen MR) is 40.2 cm³/mol. The normalized spacial score (nSPS) is 10.6. The van der Waals surface area contributed by atoms with Crippen LogP contribution < -0.4 is 0 Å². The molecule has 2 nitrogen and oxygen atoms in total. The van der Waals surface area contributed by atoms with E-state index in [4.69, 9.17) is 10.4 Å². The Morgan fingerprint density at radius 2 is 2.20 bits per heavy atom. The lowest BCUT2D eigenvalue weighted by atomic mass is 9.85. The summed E-state index contributed by atoms with van der Waals surface area (Å²) in [6.07, 6.45) is 0.327. The third kappa shape index (κ3) is 2.20. The summed E-state index contributed by atoms with van der Waals surface area (Å²) in [7, 11) is 0. The van der Waals surface area contributed by atoms with Gasteiger partial charge in [-0.15, -0.1) is 0 Å². The van der Waals surface area contributed by atoms with E-state index in [9.17, 15) is 0 Å². The molecule has 0 aromatic rings. The average Bonchev–Trinajstić information content (AvgIpc) is 1.89. The van der Waals surface area contributed by atoms with Crippen LogP contribution in [0, 0.1) is 16.7 Å². The molecule has 0 aliphatic rings. The van der Waals surface area contributed by atoms with Gasteiger partial charge in [0.25, 0.3) is 0 Å². The van der Waals surface area contributed by atoms with E-state index >= 15 is 0 Å². The van der Waals surface area contributed by atoms with Gasteiger partial charge in [-0.25, -0.2) is 0 Å². The molecule has 0 heterocycles. The molecule has 1 N–H and O–H groups in total. The highest BCUT2D eigenvalue weighted by atomic mass is 16.3. The molecule has 0 bridgehead atoms. The van der Waals surface area contributed by atoms with Gasteiger partial charge in [-0.2, -0.15) is 5.26 Å². The number of nitrogens with zero attached hydrogens (tertiary/aromatic N) is 1. The summed E-state index contributed by atoms with van der Waals surface area (Å²) in [5, 5.41) is 17.1. The van der Waals surface area contributed by atoms with Gasteiger partial charge < -0.3 is 5.11 Å². The van der Waals surface area contributed by atoms with Crippen LogP contribution in [0.25, 0.3) is 0 Å². The van der Waals surface area contributed by atoms with Gasteiger partial charge in [0.15, 0.2) is 0 Å². The number of hydrogen-bond donors (Lipinski definition) is 1. The van der Waals surface area contributed by atoms with Crippen LogP contribution in [0.3, 0.4) is 0 Å². The van der Waals surface area contributed by atoms with Crippen LogP contribution in [0.5, 0.6) is 0 Å². The van der Waals surface area contributed by atoms with Crippen LogP contribution in [-0.4, -0.2) is 11.7 Å². The Morgan fingerprint density at radius 3 is 2.50 bits per heavy atom. The molecule has 0 aliphatic heterocycles. The summed E-state index contributed by atoms with van der Waals surface area (Å²) in [6.45, 7) is 7.49. The lowest BCUT2D eigenvalue weighted by molar-refractivity contribution is 0.189. The fraction of sp³-hybridized carbons (Fsp3) is 0.625. The van der Waals surface area contributed by atoms with Gasteiger partial charge in [0.1, 0.15) is 0 Å². The van der Waals surface area contributed by atoms with Crippen molar-refractivity contribution in [1.82, 2.24) is 0 Å². The average molecular weight is 139 g/mol. The first kappa shape index (κ1) is 9.19. The lowest BCUT2D eigenvalue weighted by Crippen LogP contribution is -2.18. The summed E-state index contributed by atoms with van der Waals surface area (Å²) in [4.78, 5) is 0. The molecule has 0 aromatic carbocycles. The molecule has 0 atom stereocenters. The Morgan fingerprint density at radius 1 is 1.70 bits per heavy atom. The largest absolute Gasteiger partial charge is 0.395 e. The topological polar surface area (TPSA) is 44.0 Å². The molecular weight excluding hydrogens is 126 g/mol. The third-order valence-electron chi connectivity index (χ3n) is 1.64. The van der Waals surface area contributed by atoms with Crippen LogP contribution in [0.1, 0.15) is 20.3 Å². The fourth-order valence-electron chi connectivity index (χ4n) is 0.447. The number of hydrogen-bond acceptors (Lipinski definition) is 2.